The van der Waals surface area contributed by atoms with E-state index in [1.807, 2.05) is 0 Å². The summed E-state index contributed by atoms with van der Waals surface area (Å²) >= 11 is 0. The van der Waals surface area contributed by atoms with Crippen molar-refractivity contribution < 1.29 is 23.4 Å². The third-order valence-corrected chi connectivity index (χ3v) is 2.97. The first-order valence-electron chi connectivity index (χ1n) is 6.24. The molecule has 3 nitrogen and oxygen atoms in total. The molecular formula is C15H14F3NO2. The van der Waals surface area contributed by atoms with Crippen molar-refractivity contribution in [2.45, 2.75) is 19.3 Å². The number of rotatable bonds is 4. The van der Waals surface area contributed by atoms with Crippen LogP contribution in [-0.2, 0) is 19.3 Å². The molecule has 0 fully saturated rings. The molecule has 0 aliphatic rings. The minimum Gasteiger partial charge on any atom is -0.508 e. The summed E-state index contributed by atoms with van der Waals surface area (Å²) in [6.45, 7) is 0.520. The van der Waals surface area contributed by atoms with Crippen LogP contribution in [0.25, 0.3) is 0 Å². The second-order valence-electron chi connectivity index (χ2n) is 4.61. The quantitative estimate of drug-likeness (QED) is 0.810. The minimum absolute atomic E-state index is 0.0471. The van der Waals surface area contributed by atoms with Crippen LogP contribution >= 0.6 is 0 Å². The van der Waals surface area contributed by atoms with Crippen LogP contribution in [0.2, 0.25) is 0 Å². The Kier molecular flexibility index (Phi) is 4.37. The standard InChI is InChI=1S/C15H14F3NO2/c16-15(17,18)12-3-1-2-10(6-12)8-19-9-11-4-5-13(20)7-14(11)21/h1-7,19-21H,8-9H2. The Hall–Kier alpha value is -2.21. The van der Waals surface area contributed by atoms with E-state index in [0.717, 1.165) is 12.1 Å². The molecule has 3 N–H and O–H groups in total. The predicted molar refractivity (Wildman–Crippen MR) is 71.8 cm³/mol. The van der Waals surface area contributed by atoms with Gasteiger partial charge in [-0.3, -0.25) is 0 Å². The first-order chi connectivity index (χ1) is 9.86. The van der Waals surface area contributed by atoms with Crippen LogP contribution in [0, 0.1) is 0 Å². The molecule has 0 saturated carbocycles. The molecule has 2 aromatic rings. The van der Waals surface area contributed by atoms with E-state index in [9.17, 15) is 18.3 Å². The van der Waals surface area contributed by atoms with Crippen LogP contribution in [0.5, 0.6) is 11.5 Å². The van der Waals surface area contributed by atoms with Gasteiger partial charge in [0.2, 0.25) is 0 Å². The molecule has 0 amide bonds. The van der Waals surface area contributed by atoms with Gasteiger partial charge in [0.25, 0.3) is 0 Å². The lowest BCUT2D eigenvalue weighted by Gasteiger charge is -2.10. The van der Waals surface area contributed by atoms with Crippen molar-refractivity contribution in [3.8, 4) is 11.5 Å². The Labute approximate surface area is 119 Å². The largest absolute Gasteiger partial charge is 0.508 e. The smallest absolute Gasteiger partial charge is 0.416 e. The van der Waals surface area contributed by atoms with Crippen LogP contribution in [0.3, 0.4) is 0 Å². The van der Waals surface area contributed by atoms with Crippen molar-refractivity contribution in [3.05, 3.63) is 59.2 Å². The van der Waals surface area contributed by atoms with Gasteiger partial charge in [-0.25, -0.2) is 0 Å². The summed E-state index contributed by atoms with van der Waals surface area (Å²) in [4.78, 5) is 0. The van der Waals surface area contributed by atoms with Crippen molar-refractivity contribution in [3.63, 3.8) is 0 Å². The molecule has 0 spiro atoms. The molecule has 2 rings (SSSR count). The van der Waals surface area contributed by atoms with E-state index in [0.29, 0.717) is 11.1 Å². The maximum atomic E-state index is 12.6. The summed E-state index contributed by atoms with van der Waals surface area (Å²) in [5, 5.41) is 21.7. The Morgan fingerprint density at radius 1 is 0.952 bits per heavy atom. The maximum absolute atomic E-state index is 12.6. The fraction of sp³-hybridized carbons (Fsp3) is 0.200. The van der Waals surface area contributed by atoms with Crippen molar-refractivity contribution in [2.75, 3.05) is 0 Å². The average molecular weight is 297 g/mol. The number of hydrogen-bond donors (Lipinski definition) is 3. The van der Waals surface area contributed by atoms with Gasteiger partial charge in [0.05, 0.1) is 5.56 Å². The lowest BCUT2D eigenvalue weighted by Crippen LogP contribution is -2.13. The van der Waals surface area contributed by atoms with E-state index in [4.69, 9.17) is 5.11 Å². The summed E-state index contributed by atoms with van der Waals surface area (Å²) in [5.41, 5.74) is 0.372. The number of aromatic hydroxyl groups is 2. The summed E-state index contributed by atoms with van der Waals surface area (Å²) in [5.74, 6) is -0.110. The summed E-state index contributed by atoms with van der Waals surface area (Å²) in [7, 11) is 0. The molecule has 112 valence electrons. The van der Waals surface area contributed by atoms with Crippen LogP contribution in [-0.4, -0.2) is 10.2 Å². The molecule has 2 aromatic carbocycles. The summed E-state index contributed by atoms with van der Waals surface area (Å²) in [6, 6.07) is 9.25. The fourth-order valence-corrected chi connectivity index (χ4v) is 1.90. The van der Waals surface area contributed by atoms with Crippen molar-refractivity contribution in [2.24, 2.45) is 0 Å². The van der Waals surface area contributed by atoms with Gasteiger partial charge in [-0.15, -0.1) is 0 Å². The molecule has 0 radical (unpaired) electrons. The van der Waals surface area contributed by atoms with E-state index in [-0.39, 0.29) is 24.6 Å². The van der Waals surface area contributed by atoms with Crippen molar-refractivity contribution in [1.82, 2.24) is 5.32 Å². The second kappa shape index (κ2) is 6.05. The zero-order valence-corrected chi connectivity index (χ0v) is 11.0. The minimum atomic E-state index is -4.36. The number of phenolic OH excluding ortho intramolecular Hbond substituents is 2. The summed E-state index contributed by atoms with van der Waals surface area (Å²) in [6.07, 6.45) is -4.36. The third-order valence-electron chi connectivity index (χ3n) is 2.97. The molecule has 0 heterocycles. The van der Waals surface area contributed by atoms with Crippen molar-refractivity contribution in [1.29, 1.82) is 0 Å². The lowest BCUT2D eigenvalue weighted by atomic mass is 10.1. The molecule has 0 aliphatic carbocycles. The third kappa shape index (κ3) is 4.13. The van der Waals surface area contributed by atoms with E-state index in [1.165, 1.54) is 18.2 Å². The van der Waals surface area contributed by atoms with Crippen LogP contribution in [0.4, 0.5) is 13.2 Å². The Balaban J connectivity index is 1.97. The predicted octanol–water partition coefficient (Wildman–Crippen LogP) is 3.41. The van der Waals surface area contributed by atoms with Gasteiger partial charge in [0.15, 0.2) is 0 Å². The SMILES string of the molecule is Oc1ccc(CNCc2cccc(C(F)(F)F)c2)c(O)c1. The van der Waals surface area contributed by atoms with E-state index in [1.54, 1.807) is 12.1 Å². The van der Waals surface area contributed by atoms with Gasteiger partial charge in [-0.1, -0.05) is 24.3 Å². The van der Waals surface area contributed by atoms with Gasteiger partial charge in [-0.05, 0) is 17.7 Å². The second-order valence-corrected chi connectivity index (χ2v) is 4.61. The maximum Gasteiger partial charge on any atom is 0.416 e. The normalized spacial score (nSPS) is 11.6. The first-order valence-corrected chi connectivity index (χ1v) is 6.24. The zero-order valence-electron chi connectivity index (χ0n) is 11.0. The monoisotopic (exact) mass is 297 g/mol. The molecule has 21 heavy (non-hydrogen) atoms. The molecule has 0 aromatic heterocycles. The van der Waals surface area contributed by atoms with Gasteiger partial charge >= 0.3 is 6.18 Å². The number of benzene rings is 2. The molecule has 0 unspecified atom stereocenters. The molecule has 6 heteroatoms. The average Bonchev–Trinajstić information content (AvgIpc) is 2.41. The topological polar surface area (TPSA) is 52.5 Å². The number of nitrogens with one attached hydrogen (secondary N) is 1. The fourth-order valence-electron chi connectivity index (χ4n) is 1.90. The highest BCUT2D eigenvalue weighted by atomic mass is 19.4. The van der Waals surface area contributed by atoms with Crippen LogP contribution in [0.15, 0.2) is 42.5 Å². The van der Waals surface area contributed by atoms with Gasteiger partial charge in [-0.2, -0.15) is 13.2 Å². The highest BCUT2D eigenvalue weighted by molar-refractivity contribution is 5.38. The number of alkyl halides is 3. The van der Waals surface area contributed by atoms with Crippen LogP contribution in [0.1, 0.15) is 16.7 Å². The van der Waals surface area contributed by atoms with Crippen LogP contribution < -0.4 is 5.32 Å². The van der Waals surface area contributed by atoms with E-state index >= 15 is 0 Å². The van der Waals surface area contributed by atoms with E-state index in [2.05, 4.69) is 5.32 Å². The molecule has 0 bridgehead atoms. The van der Waals surface area contributed by atoms with Crippen molar-refractivity contribution >= 4 is 0 Å². The zero-order chi connectivity index (χ0) is 15.5. The summed E-state index contributed by atoms with van der Waals surface area (Å²) < 4.78 is 37.7. The Morgan fingerprint density at radius 2 is 1.71 bits per heavy atom. The van der Waals surface area contributed by atoms with Gasteiger partial charge < -0.3 is 15.5 Å². The highest BCUT2D eigenvalue weighted by Gasteiger charge is 2.30. The van der Waals surface area contributed by atoms with E-state index < -0.39 is 11.7 Å². The number of hydrogen-bond acceptors (Lipinski definition) is 3. The molecule has 0 aliphatic heterocycles. The number of phenols is 2. The molecule has 0 atom stereocenters. The molecular weight excluding hydrogens is 283 g/mol. The lowest BCUT2D eigenvalue weighted by molar-refractivity contribution is -0.137. The Bertz CT molecular complexity index is 627. The number of halogens is 3. The first kappa shape index (κ1) is 15.2. The highest BCUT2D eigenvalue weighted by Crippen LogP contribution is 2.29. The van der Waals surface area contributed by atoms with Gasteiger partial charge in [0.1, 0.15) is 11.5 Å². The molecule has 0 saturated heterocycles. The van der Waals surface area contributed by atoms with Gasteiger partial charge in [0, 0.05) is 24.7 Å². The Morgan fingerprint density at radius 3 is 2.38 bits per heavy atom.